The van der Waals surface area contributed by atoms with E-state index in [1.54, 1.807) is 0 Å². The van der Waals surface area contributed by atoms with Gasteiger partial charge in [-0.1, -0.05) is 27.7 Å². The molecule has 0 saturated carbocycles. The number of hydrogen-bond acceptors (Lipinski definition) is 2. The zero-order chi connectivity index (χ0) is 10.4. The zero-order valence-corrected chi connectivity index (χ0v) is 10.7. The Morgan fingerprint density at radius 1 is 1.25 bits per heavy atom. The van der Waals surface area contributed by atoms with Crippen molar-refractivity contribution in [1.82, 2.24) is 5.32 Å². The van der Waals surface area contributed by atoms with E-state index in [1.807, 2.05) is 20.1 Å². The van der Waals surface area contributed by atoms with E-state index >= 15 is 0 Å². The van der Waals surface area contributed by atoms with Gasteiger partial charge in [-0.3, -0.25) is 0 Å². The van der Waals surface area contributed by atoms with Crippen molar-refractivity contribution in [1.29, 1.82) is 0 Å². The van der Waals surface area contributed by atoms with Gasteiger partial charge in [-0.15, -0.1) is 0 Å². The van der Waals surface area contributed by atoms with E-state index in [0.29, 0.717) is 0 Å². The molecule has 76 valence electrons. The minimum atomic E-state index is -1.86. The summed E-state index contributed by atoms with van der Waals surface area (Å²) in [5, 5.41) is 3.06. The first-order chi connectivity index (χ1) is 5.16. The van der Waals surface area contributed by atoms with Crippen LogP contribution in [0.2, 0.25) is 18.1 Å². The Hall–Kier alpha value is 0.137. The van der Waals surface area contributed by atoms with Gasteiger partial charge < -0.3 is 10.1 Å². The van der Waals surface area contributed by atoms with E-state index in [9.17, 15) is 4.80 Å². The first-order valence-electron chi connectivity index (χ1n) is 4.53. The van der Waals surface area contributed by atoms with Gasteiger partial charge in [0, 0.05) is 0 Å². The van der Waals surface area contributed by atoms with E-state index in [1.165, 1.54) is 0 Å². The van der Waals surface area contributed by atoms with Crippen LogP contribution in [0.1, 0.15) is 27.7 Å². The highest BCUT2D eigenvalue weighted by atomic mass is 28.4. The standard InChI is InChI=1S/C6H16OSi.C3H9N/c1-6(2,3)8(4,5)7;1-3-4-2/h7H,1-5H3;4H,3H2,1-2H3. The molecule has 2 N–H and O–H groups in total. The molecule has 0 aliphatic rings. The molecule has 0 saturated heterocycles. The molecule has 3 heteroatoms. The lowest BCUT2D eigenvalue weighted by atomic mass is 10.2. The van der Waals surface area contributed by atoms with E-state index in [0.717, 1.165) is 6.54 Å². The summed E-state index contributed by atoms with van der Waals surface area (Å²) in [5.74, 6) is 0. The van der Waals surface area contributed by atoms with Gasteiger partial charge in [0.05, 0.1) is 0 Å². The summed E-state index contributed by atoms with van der Waals surface area (Å²) in [7, 11) is 0.0718. The van der Waals surface area contributed by atoms with E-state index in [4.69, 9.17) is 0 Å². The fraction of sp³-hybridized carbons (Fsp3) is 1.00. The van der Waals surface area contributed by atoms with Crippen LogP contribution in [0.3, 0.4) is 0 Å². The molecule has 0 fully saturated rings. The van der Waals surface area contributed by atoms with Gasteiger partial charge in [-0.05, 0) is 31.7 Å². The van der Waals surface area contributed by atoms with Crippen molar-refractivity contribution in [2.24, 2.45) is 0 Å². The highest BCUT2D eigenvalue weighted by Crippen LogP contribution is 2.33. The van der Waals surface area contributed by atoms with Gasteiger partial charge in [-0.25, -0.2) is 0 Å². The summed E-state index contributed by atoms with van der Waals surface area (Å²) in [6.45, 7) is 13.3. The highest BCUT2D eigenvalue weighted by Gasteiger charge is 2.32. The lowest BCUT2D eigenvalue weighted by molar-refractivity contribution is 0.487. The maximum Gasteiger partial charge on any atom is 0.187 e. The van der Waals surface area contributed by atoms with Crippen LogP contribution >= 0.6 is 0 Å². The molecule has 0 spiro atoms. The van der Waals surface area contributed by atoms with Gasteiger partial charge in [0.25, 0.3) is 0 Å². The third kappa shape index (κ3) is 8.24. The summed E-state index contributed by atoms with van der Waals surface area (Å²) in [6, 6.07) is 0. The topological polar surface area (TPSA) is 32.3 Å². The predicted molar refractivity (Wildman–Crippen MR) is 59.0 cm³/mol. The largest absolute Gasteiger partial charge is 0.432 e. The van der Waals surface area contributed by atoms with Gasteiger partial charge in [-0.2, -0.15) is 0 Å². The first kappa shape index (κ1) is 14.6. The average molecular weight is 191 g/mol. The third-order valence-electron chi connectivity index (χ3n) is 2.19. The Labute approximate surface area is 78.5 Å². The predicted octanol–water partition coefficient (Wildman–Crippen LogP) is 2.21. The molecule has 0 radical (unpaired) electrons. The molecule has 0 bridgehead atoms. The smallest absolute Gasteiger partial charge is 0.187 e. The Balaban J connectivity index is 0. The van der Waals surface area contributed by atoms with Crippen LogP contribution in [-0.4, -0.2) is 26.7 Å². The maximum atomic E-state index is 9.49. The summed E-state index contributed by atoms with van der Waals surface area (Å²) in [6.07, 6.45) is 0. The molecule has 12 heavy (non-hydrogen) atoms. The Kier molecular flexibility index (Phi) is 6.99. The van der Waals surface area contributed by atoms with Crippen LogP contribution in [0.15, 0.2) is 0 Å². The summed E-state index contributed by atoms with van der Waals surface area (Å²) in [5.41, 5.74) is 0. The molecular formula is C9H25NOSi. The number of hydrogen-bond donors (Lipinski definition) is 2. The number of nitrogens with one attached hydrogen (secondary N) is 1. The van der Waals surface area contributed by atoms with Crippen molar-refractivity contribution < 1.29 is 4.80 Å². The third-order valence-corrected chi connectivity index (χ3v) is 5.86. The van der Waals surface area contributed by atoms with Crippen LogP contribution in [0, 0.1) is 0 Å². The van der Waals surface area contributed by atoms with Crippen molar-refractivity contribution in [2.75, 3.05) is 13.6 Å². The molecule has 2 nitrogen and oxygen atoms in total. The zero-order valence-electron chi connectivity index (χ0n) is 9.65. The quantitative estimate of drug-likeness (QED) is 0.623. The molecule has 0 heterocycles. The van der Waals surface area contributed by atoms with Gasteiger partial charge in [0.1, 0.15) is 0 Å². The van der Waals surface area contributed by atoms with Crippen molar-refractivity contribution in [3.8, 4) is 0 Å². The van der Waals surface area contributed by atoms with Crippen molar-refractivity contribution >= 4 is 8.32 Å². The van der Waals surface area contributed by atoms with Crippen LogP contribution in [0.4, 0.5) is 0 Å². The van der Waals surface area contributed by atoms with E-state index in [-0.39, 0.29) is 5.04 Å². The van der Waals surface area contributed by atoms with Crippen molar-refractivity contribution in [3.05, 3.63) is 0 Å². The minimum Gasteiger partial charge on any atom is -0.432 e. The second-order valence-corrected chi connectivity index (χ2v) is 9.13. The van der Waals surface area contributed by atoms with Gasteiger partial charge >= 0.3 is 0 Å². The van der Waals surface area contributed by atoms with Crippen LogP contribution < -0.4 is 5.32 Å². The molecule has 0 aromatic rings. The molecule has 0 unspecified atom stereocenters. The number of rotatable bonds is 1. The molecular weight excluding hydrogens is 166 g/mol. The molecule has 0 aliphatic heterocycles. The maximum absolute atomic E-state index is 9.49. The van der Waals surface area contributed by atoms with Gasteiger partial charge in [0.2, 0.25) is 0 Å². The second-order valence-electron chi connectivity index (χ2n) is 4.52. The summed E-state index contributed by atoms with van der Waals surface area (Å²) in [4.78, 5) is 9.49. The van der Waals surface area contributed by atoms with Gasteiger partial charge in [0.15, 0.2) is 8.32 Å². The molecule has 0 aromatic heterocycles. The summed E-state index contributed by atoms with van der Waals surface area (Å²) < 4.78 is 0. The molecule has 0 rings (SSSR count). The Morgan fingerprint density at radius 2 is 1.42 bits per heavy atom. The molecule has 0 amide bonds. The fourth-order valence-corrected chi connectivity index (χ4v) is 0. The van der Waals surface area contributed by atoms with Crippen molar-refractivity contribution in [2.45, 2.75) is 45.8 Å². The monoisotopic (exact) mass is 191 g/mol. The first-order valence-corrected chi connectivity index (χ1v) is 7.48. The van der Waals surface area contributed by atoms with Crippen LogP contribution in [-0.2, 0) is 0 Å². The lowest BCUT2D eigenvalue weighted by Gasteiger charge is -2.30. The van der Waals surface area contributed by atoms with E-state index in [2.05, 4.69) is 33.0 Å². The van der Waals surface area contributed by atoms with Crippen molar-refractivity contribution in [3.63, 3.8) is 0 Å². The Bertz CT molecular complexity index is 88.1. The Morgan fingerprint density at radius 3 is 1.42 bits per heavy atom. The SMILES string of the molecule is CC(C)(C)[Si](C)(C)O.CCNC. The minimum absolute atomic E-state index is 0.132. The van der Waals surface area contributed by atoms with Crippen LogP contribution in [0.5, 0.6) is 0 Å². The van der Waals surface area contributed by atoms with E-state index < -0.39 is 8.32 Å². The lowest BCUT2D eigenvalue weighted by Crippen LogP contribution is -2.36. The molecule has 0 aliphatic carbocycles. The fourth-order valence-electron chi connectivity index (χ4n) is 0. The van der Waals surface area contributed by atoms with Crippen LogP contribution in [0.25, 0.3) is 0 Å². The molecule has 0 aromatic carbocycles. The normalized spacial score (nSPS) is 12.0. The summed E-state index contributed by atoms with van der Waals surface area (Å²) >= 11 is 0. The highest BCUT2D eigenvalue weighted by molar-refractivity contribution is 6.72. The average Bonchev–Trinajstić information content (AvgIpc) is 1.84. The second kappa shape index (κ2) is 5.73. The molecule has 0 atom stereocenters.